The highest BCUT2D eigenvalue weighted by Crippen LogP contribution is 2.56. The SMILES string of the molecule is COC(=O)C(CCCC(/C=C(/C)CCCC/C=C/CO)O[Si](c1ccccc1)(c1ccccc1)C(C)(C)C)P(=O)(OCC(F)(F)F)OCC(F)(F)F. The van der Waals surface area contributed by atoms with E-state index in [1.54, 1.807) is 6.08 Å². The Bertz CT molecular complexity index is 1400. The highest BCUT2D eigenvalue weighted by Gasteiger charge is 2.52. The number of hydrogen-bond acceptors (Lipinski definition) is 7. The van der Waals surface area contributed by atoms with E-state index in [4.69, 9.17) is 9.53 Å². The quantitative estimate of drug-likeness (QED) is 0.0338. The molecule has 0 aliphatic heterocycles. The molecule has 292 valence electrons. The molecule has 0 bridgehead atoms. The smallest absolute Gasteiger partial charge is 0.412 e. The summed E-state index contributed by atoms with van der Waals surface area (Å²) in [7, 11) is -7.64. The van der Waals surface area contributed by atoms with Gasteiger partial charge in [-0.05, 0) is 67.3 Å². The summed E-state index contributed by atoms with van der Waals surface area (Å²) in [6.07, 6.45) is -2.33. The van der Waals surface area contributed by atoms with Gasteiger partial charge < -0.3 is 14.3 Å². The van der Waals surface area contributed by atoms with Gasteiger partial charge in [0.25, 0.3) is 8.32 Å². The topological polar surface area (TPSA) is 91.3 Å². The van der Waals surface area contributed by atoms with E-state index >= 15 is 0 Å². The second-order valence-corrected chi connectivity index (χ2v) is 20.0. The number of ether oxygens (including phenoxy) is 1. The Morgan fingerprint density at radius 1 is 0.827 bits per heavy atom. The van der Waals surface area contributed by atoms with Crippen molar-refractivity contribution in [1.82, 2.24) is 0 Å². The van der Waals surface area contributed by atoms with E-state index in [0.717, 1.165) is 42.3 Å². The summed E-state index contributed by atoms with van der Waals surface area (Å²) in [5, 5.41) is 10.5. The van der Waals surface area contributed by atoms with Crippen LogP contribution >= 0.6 is 7.60 Å². The predicted molar refractivity (Wildman–Crippen MR) is 192 cm³/mol. The first-order valence-corrected chi connectivity index (χ1v) is 20.6. The van der Waals surface area contributed by atoms with Crippen LogP contribution in [0.4, 0.5) is 26.3 Å². The summed E-state index contributed by atoms with van der Waals surface area (Å²) >= 11 is 0. The summed E-state index contributed by atoms with van der Waals surface area (Å²) < 4.78 is 113. The van der Waals surface area contributed by atoms with Gasteiger partial charge in [0, 0.05) is 0 Å². The van der Waals surface area contributed by atoms with Crippen LogP contribution in [0.15, 0.2) is 84.5 Å². The van der Waals surface area contributed by atoms with E-state index in [2.05, 4.69) is 34.6 Å². The molecule has 52 heavy (non-hydrogen) atoms. The molecule has 1 N–H and O–H groups in total. The molecular formula is C37H51F6O7PSi. The number of halogens is 6. The monoisotopic (exact) mass is 780 g/mol. The molecule has 2 aromatic carbocycles. The summed E-state index contributed by atoms with van der Waals surface area (Å²) in [4.78, 5) is 12.8. The van der Waals surface area contributed by atoms with E-state index < -0.39 is 70.7 Å². The van der Waals surface area contributed by atoms with Crippen molar-refractivity contribution in [3.8, 4) is 0 Å². The largest absolute Gasteiger partial charge is 0.468 e. The number of carbonyl (C=O) groups excluding carboxylic acids is 1. The lowest BCUT2D eigenvalue weighted by Crippen LogP contribution is -2.67. The standard InChI is InChI=1S/C37H51F6O7PSi/c1-29(18-11-7-6-8-16-25-44)26-30(50-52(35(2,3)4,31-20-12-9-13-21-31)32-22-14-10-15-23-32)19-17-24-33(34(45)47-5)51(46,48-27-36(38,39)40)49-28-37(41,42)43/h8-10,12-16,20-23,26,30,33,44H,6-7,11,17-19,24-25,27-28H2,1-5H3/b16-8+,29-26-. The number of alkyl halides is 6. The van der Waals surface area contributed by atoms with Crippen LogP contribution in [0.1, 0.15) is 72.6 Å². The molecule has 2 aromatic rings. The molecule has 0 amide bonds. The Hall–Kier alpha value is -2.74. The minimum absolute atomic E-state index is 0.0207. The van der Waals surface area contributed by atoms with Crippen molar-refractivity contribution in [1.29, 1.82) is 0 Å². The van der Waals surface area contributed by atoms with Crippen molar-refractivity contribution < 1.29 is 59.0 Å². The fraction of sp³-hybridized carbons (Fsp3) is 0.541. The number of allylic oxidation sites excluding steroid dienone is 2. The third-order valence-electron chi connectivity index (χ3n) is 8.32. The summed E-state index contributed by atoms with van der Waals surface area (Å²) in [6.45, 7) is 3.81. The Morgan fingerprint density at radius 2 is 1.35 bits per heavy atom. The third kappa shape index (κ3) is 14.6. The van der Waals surface area contributed by atoms with Crippen LogP contribution in [0.2, 0.25) is 5.04 Å². The molecule has 0 saturated carbocycles. The van der Waals surface area contributed by atoms with Crippen LogP contribution < -0.4 is 10.4 Å². The molecule has 15 heteroatoms. The second kappa shape index (κ2) is 20.6. The lowest BCUT2D eigenvalue weighted by atomic mass is 10.0. The fourth-order valence-corrected chi connectivity index (χ4v) is 12.6. The van der Waals surface area contributed by atoms with E-state index in [9.17, 15) is 35.7 Å². The zero-order valence-corrected chi connectivity index (χ0v) is 32.2. The molecular weight excluding hydrogens is 729 g/mol. The first-order valence-electron chi connectivity index (χ1n) is 17.1. The molecule has 0 aromatic heterocycles. The molecule has 2 unspecified atom stereocenters. The molecule has 0 aliphatic carbocycles. The van der Waals surface area contributed by atoms with Gasteiger partial charge in [0.05, 0.1) is 19.8 Å². The summed E-state index contributed by atoms with van der Waals surface area (Å²) in [6, 6.07) is 19.6. The first-order chi connectivity index (χ1) is 24.3. The van der Waals surface area contributed by atoms with Crippen LogP contribution in [-0.4, -0.2) is 70.4 Å². The molecule has 0 aliphatic rings. The van der Waals surface area contributed by atoms with Gasteiger partial charge in [0.15, 0.2) is 18.9 Å². The molecule has 7 nitrogen and oxygen atoms in total. The maximum atomic E-state index is 13.6. The summed E-state index contributed by atoms with van der Waals surface area (Å²) in [5.74, 6) is -1.32. The Morgan fingerprint density at radius 3 is 1.79 bits per heavy atom. The number of unbranched alkanes of at least 4 members (excludes halogenated alkanes) is 2. The van der Waals surface area contributed by atoms with E-state index in [1.165, 1.54) is 0 Å². The zero-order valence-electron chi connectivity index (χ0n) is 30.3. The van der Waals surface area contributed by atoms with Gasteiger partial charge in [0.2, 0.25) is 0 Å². The highest BCUT2D eigenvalue weighted by molar-refractivity contribution is 7.55. The van der Waals surface area contributed by atoms with Gasteiger partial charge in [-0.3, -0.25) is 18.4 Å². The minimum atomic E-state index is -5.36. The number of carbonyl (C=O) groups is 1. The lowest BCUT2D eigenvalue weighted by Gasteiger charge is -2.45. The maximum absolute atomic E-state index is 13.6. The van der Waals surface area contributed by atoms with Crippen LogP contribution in [0.25, 0.3) is 0 Å². The molecule has 0 spiro atoms. The molecule has 2 atom stereocenters. The van der Waals surface area contributed by atoms with E-state index in [0.29, 0.717) is 6.42 Å². The van der Waals surface area contributed by atoms with Gasteiger partial charge in [-0.25, -0.2) is 0 Å². The number of benzene rings is 2. The van der Waals surface area contributed by atoms with Gasteiger partial charge in [-0.15, -0.1) is 0 Å². The average Bonchev–Trinajstić information content (AvgIpc) is 3.08. The second-order valence-electron chi connectivity index (χ2n) is 13.5. The van der Waals surface area contributed by atoms with Crippen molar-refractivity contribution in [2.75, 3.05) is 26.9 Å². The number of rotatable bonds is 21. The lowest BCUT2D eigenvalue weighted by molar-refractivity contribution is -0.167. The molecule has 0 fully saturated rings. The van der Waals surface area contributed by atoms with Gasteiger partial charge in [-0.2, -0.15) is 26.3 Å². The zero-order chi connectivity index (χ0) is 39.1. The normalized spacial score (nSPS) is 14.8. The Labute approximate surface area is 304 Å². The van der Waals surface area contributed by atoms with Crippen LogP contribution in [0, 0.1) is 0 Å². The van der Waals surface area contributed by atoms with Gasteiger partial charge in [-0.1, -0.05) is 105 Å². The number of hydrogen-bond donors (Lipinski definition) is 1. The summed E-state index contributed by atoms with van der Waals surface area (Å²) in [5.41, 5.74) is -1.07. The average molecular weight is 781 g/mol. The van der Waals surface area contributed by atoms with E-state index in [1.807, 2.05) is 79.7 Å². The molecule has 2 rings (SSSR count). The van der Waals surface area contributed by atoms with Crippen LogP contribution in [0.3, 0.4) is 0 Å². The van der Waals surface area contributed by atoms with Crippen molar-refractivity contribution in [2.24, 2.45) is 0 Å². The first kappa shape index (κ1) is 45.4. The number of aliphatic hydroxyl groups is 1. The maximum Gasteiger partial charge on any atom is 0.412 e. The molecule has 0 saturated heterocycles. The van der Waals surface area contributed by atoms with E-state index in [-0.39, 0.29) is 19.4 Å². The van der Waals surface area contributed by atoms with Gasteiger partial charge >= 0.3 is 25.9 Å². The van der Waals surface area contributed by atoms with Crippen LogP contribution in [-0.2, 0) is 27.6 Å². The molecule has 0 radical (unpaired) electrons. The van der Waals surface area contributed by atoms with Crippen molar-refractivity contribution in [2.45, 2.75) is 102 Å². The third-order valence-corrected chi connectivity index (χ3v) is 15.6. The Kier molecular flexibility index (Phi) is 18.0. The highest BCUT2D eigenvalue weighted by atomic mass is 31.2. The fourth-order valence-electron chi connectivity index (χ4n) is 5.95. The molecule has 0 heterocycles. The Balaban J connectivity index is 2.57. The minimum Gasteiger partial charge on any atom is -0.468 e. The van der Waals surface area contributed by atoms with Crippen LogP contribution in [0.5, 0.6) is 0 Å². The number of aliphatic hydroxyl groups excluding tert-OH is 1. The predicted octanol–water partition coefficient (Wildman–Crippen LogP) is 9.05. The number of methoxy groups -OCH3 is 1. The van der Waals surface area contributed by atoms with Crippen molar-refractivity contribution in [3.05, 3.63) is 84.5 Å². The van der Waals surface area contributed by atoms with Crippen molar-refractivity contribution in [3.63, 3.8) is 0 Å². The van der Waals surface area contributed by atoms with Gasteiger partial charge in [0.1, 0.15) is 0 Å². The van der Waals surface area contributed by atoms with Crippen molar-refractivity contribution >= 4 is 32.3 Å². The number of esters is 1.